The number of aromatic nitrogens is 5. The van der Waals surface area contributed by atoms with Gasteiger partial charge in [0.1, 0.15) is 18.2 Å². The van der Waals surface area contributed by atoms with Gasteiger partial charge in [0, 0.05) is 30.2 Å². The van der Waals surface area contributed by atoms with Crippen molar-refractivity contribution < 1.29 is 4.79 Å². The van der Waals surface area contributed by atoms with Crippen LogP contribution in [-0.4, -0.2) is 36.0 Å². The maximum Gasteiger partial charge on any atom is 0.231 e. The van der Waals surface area contributed by atoms with Crippen molar-refractivity contribution in [2.45, 2.75) is 25.0 Å². The van der Waals surface area contributed by atoms with Crippen molar-refractivity contribution in [1.29, 1.82) is 0 Å². The number of benzene rings is 2. The Labute approximate surface area is 195 Å². The molecule has 4 rings (SSSR count). The molecule has 0 aliphatic rings. The Kier molecular flexibility index (Phi) is 6.62. The van der Waals surface area contributed by atoms with Crippen molar-refractivity contribution in [3.63, 3.8) is 0 Å². The molecule has 1 unspecified atom stereocenters. The first kappa shape index (κ1) is 22.1. The molecule has 0 saturated heterocycles. The molecule has 0 spiro atoms. The molecule has 0 radical (unpaired) electrons. The van der Waals surface area contributed by atoms with E-state index in [1.54, 1.807) is 24.7 Å². The summed E-state index contributed by atoms with van der Waals surface area (Å²) in [6, 6.07) is 13.2. The number of hydrogen-bond acceptors (Lipinski definition) is 5. The Morgan fingerprint density at radius 1 is 1.16 bits per heavy atom. The predicted octanol–water partition coefficient (Wildman–Crippen LogP) is 4.27. The number of hydrogen-bond donors (Lipinski definition) is 1. The van der Waals surface area contributed by atoms with E-state index in [-0.39, 0.29) is 11.7 Å². The Bertz CT molecular complexity index is 1230. The zero-order chi connectivity index (χ0) is 22.7. The van der Waals surface area contributed by atoms with Gasteiger partial charge in [0.15, 0.2) is 5.16 Å². The summed E-state index contributed by atoms with van der Waals surface area (Å²) in [5.74, 6) is 0.800. The van der Waals surface area contributed by atoms with E-state index in [9.17, 15) is 4.79 Å². The van der Waals surface area contributed by atoms with E-state index in [1.165, 1.54) is 22.9 Å². The number of thioether (sulfide) groups is 1. The highest BCUT2D eigenvalue weighted by molar-refractivity contribution is 7.99. The van der Waals surface area contributed by atoms with E-state index < -0.39 is 6.04 Å². The fourth-order valence-electron chi connectivity index (χ4n) is 3.32. The average molecular weight is 467 g/mol. The molecule has 4 aromatic rings. The second kappa shape index (κ2) is 9.58. The molecule has 0 fully saturated rings. The molecule has 1 N–H and O–H groups in total. The lowest BCUT2D eigenvalue weighted by molar-refractivity contribution is -0.119. The minimum atomic E-state index is -0.391. The molecule has 32 heavy (non-hydrogen) atoms. The van der Waals surface area contributed by atoms with E-state index >= 15 is 0 Å². The van der Waals surface area contributed by atoms with Crippen LogP contribution in [0.15, 0.2) is 66.3 Å². The second-order valence-corrected chi connectivity index (χ2v) is 8.87. The van der Waals surface area contributed by atoms with Gasteiger partial charge in [-0.2, -0.15) is 0 Å². The summed E-state index contributed by atoms with van der Waals surface area (Å²) in [6.07, 6.45) is 5.23. The summed E-state index contributed by atoms with van der Waals surface area (Å²) in [6.45, 7) is 4.14. The van der Waals surface area contributed by atoms with Gasteiger partial charge in [0.05, 0.1) is 5.75 Å². The molecule has 7 nitrogen and oxygen atoms in total. The number of halogens is 1. The molecule has 2 heterocycles. The Morgan fingerprint density at radius 2 is 1.94 bits per heavy atom. The van der Waals surface area contributed by atoms with E-state index in [0.717, 1.165) is 17.1 Å². The molecule has 0 saturated carbocycles. The van der Waals surface area contributed by atoms with Gasteiger partial charge in [-0.1, -0.05) is 41.6 Å². The SMILES string of the molecule is Cc1ccc(-n2cnnc2SCC(=O)NC(c2ccc(Cl)cc2)c2nccn2C)cc1C. The van der Waals surface area contributed by atoms with Crippen LogP contribution < -0.4 is 5.32 Å². The van der Waals surface area contributed by atoms with Crippen LogP contribution in [0.25, 0.3) is 5.69 Å². The van der Waals surface area contributed by atoms with Gasteiger partial charge in [0.2, 0.25) is 5.91 Å². The number of nitrogens with one attached hydrogen (secondary N) is 1. The molecule has 2 aromatic carbocycles. The summed E-state index contributed by atoms with van der Waals surface area (Å²) >= 11 is 7.38. The summed E-state index contributed by atoms with van der Waals surface area (Å²) in [5, 5.41) is 12.6. The van der Waals surface area contributed by atoms with E-state index in [1.807, 2.05) is 40.6 Å². The van der Waals surface area contributed by atoms with Crippen molar-refractivity contribution in [3.8, 4) is 5.69 Å². The summed E-state index contributed by atoms with van der Waals surface area (Å²) in [7, 11) is 1.90. The summed E-state index contributed by atoms with van der Waals surface area (Å²) < 4.78 is 3.78. The zero-order valence-corrected chi connectivity index (χ0v) is 19.6. The highest BCUT2D eigenvalue weighted by Gasteiger charge is 2.21. The van der Waals surface area contributed by atoms with Crippen LogP contribution in [0.1, 0.15) is 28.6 Å². The van der Waals surface area contributed by atoms with Crippen molar-refractivity contribution in [3.05, 3.63) is 88.7 Å². The monoisotopic (exact) mass is 466 g/mol. The number of aryl methyl sites for hydroxylation is 3. The van der Waals surface area contributed by atoms with E-state index in [2.05, 4.69) is 46.5 Å². The summed E-state index contributed by atoms with van der Waals surface area (Å²) in [5.41, 5.74) is 4.28. The molecule has 0 bridgehead atoms. The Hall–Kier alpha value is -3.10. The number of imidazole rings is 1. The van der Waals surface area contributed by atoms with Gasteiger partial charge in [-0.05, 0) is 54.8 Å². The first-order valence-electron chi connectivity index (χ1n) is 10.0. The molecule has 0 aliphatic heterocycles. The number of carbonyl (C=O) groups excluding carboxylic acids is 1. The number of amides is 1. The fraction of sp³-hybridized carbons (Fsp3) is 0.217. The molecule has 2 aromatic heterocycles. The largest absolute Gasteiger partial charge is 0.341 e. The van der Waals surface area contributed by atoms with Gasteiger partial charge < -0.3 is 9.88 Å². The Morgan fingerprint density at radius 3 is 2.62 bits per heavy atom. The topological polar surface area (TPSA) is 77.6 Å². The predicted molar refractivity (Wildman–Crippen MR) is 126 cm³/mol. The van der Waals surface area contributed by atoms with Crippen molar-refractivity contribution >= 4 is 29.3 Å². The van der Waals surface area contributed by atoms with Crippen molar-refractivity contribution in [2.24, 2.45) is 7.05 Å². The molecular weight excluding hydrogens is 444 g/mol. The lowest BCUT2D eigenvalue weighted by Gasteiger charge is -2.19. The molecule has 1 atom stereocenters. The zero-order valence-electron chi connectivity index (χ0n) is 18.0. The quantitative estimate of drug-likeness (QED) is 0.411. The van der Waals surface area contributed by atoms with Gasteiger partial charge in [-0.15, -0.1) is 10.2 Å². The van der Waals surface area contributed by atoms with Crippen LogP contribution in [0.5, 0.6) is 0 Å². The molecular formula is C23H23ClN6OS. The highest BCUT2D eigenvalue weighted by atomic mass is 35.5. The maximum absolute atomic E-state index is 12.9. The maximum atomic E-state index is 12.9. The molecule has 9 heteroatoms. The minimum Gasteiger partial charge on any atom is -0.341 e. The number of nitrogens with zero attached hydrogens (tertiary/aromatic N) is 5. The van der Waals surface area contributed by atoms with Crippen LogP contribution >= 0.6 is 23.4 Å². The van der Waals surface area contributed by atoms with Crippen LogP contribution in [0, 0.1) is 13.8 Å². The third kappa shape index (κ3) is 4.87. The van der Waals surface area contributed by atoms with Crippen molar-refractivity contribution in [1.82, 2.24) is 29.6 Å². The number of carbonyl (C=O) groups is 1. The highest BCUT2D eigenvalue weighted by Crippen LogP contribution is 2.24. The lowest BCUT2D eigenvalue weighted by atomic mass is 10.1. The van der Waals surface area contributed by atoms with Gasteiger partial charge in [-0.25, -0.2) is 4.98 Å². The van der Waals surface area contributed by atoms with E-state index in [4.69, 9.17) is 11.6 Å². The van der Waals surface area contributed by atoms with Crippen LogP contribution in [0.4, 0.5) is 0 Å². The summed E-state index contributed by atoms with van der Waals surface area (Å²) in [4.78, 5) is 17.3. The fourth-order valence-corrected chi connectivity index (χ4v) is 4.18. The second-order valence-electron chi connectivity index (χ2n) is 7.49. The smallest absolute Gasteiger partial charge is 0.231 e. The average Bonchev–Trinajstić information content (AvgIpc) is 3.42. The van der Waals surface area contributed by atoms with Crippen LogP contribution in [0.2, 0.25) is 5.02 Å². The third-order valence-corrected chi connectivity index (χ3v) is 6.44. The molecule has 1 amide bonds. The van der Waals surface area contributed by atoms with Gasteiger partial charge >= 0.3 is 0 Å². The lowest BCUT2D eigenvalue weighted by Crippen LogP contribution is -2.32. The standard InChI is InChI=1S/C23H23ClN6OS/c1-15-4-9-19(12-16(15)2)30-14-26-28-23(30)32-13-20(31)27-21(22-25-10-11-29(22)3)17-5-7-18(24)8-6-17/h4-12,14,21H,13H2,1-3H3,(H,27,31). The molecule has 164 valence electrons. The van der Waals surface area contributed by atoms with E-state index in [0.29, 0.717) is 10.2 Å². The first-order chi connectivity index (χ1) is 15.4. The van der Waals surface area contributed by atoms with Crippen LogP contribution in [-0.2, 0) is 11.8 Å². The molecule has 0 aliphatic carbocycles. The van der Waals surface area contributed by atoms with Gasteiger partial charge in [0.25, 0.3) is 0 Å². The van der Waals surface area contributed by atoms with Gasteiger partial charge in [-0.3, -0.25) is 9.36 Å². The third-order valence-electron chi connectivity index (χ3n) is 5.24. The number of rotatable bonds is 7. The first-order valence-corrected chi connectivity index (χ1v) is 11.4. The Balaban J connectivity index is 1.49. The van der Waals surface area contributed by atoms with Crippen LogP contribution in [0.3, 0.4) is 0 Å². The normalized spacial score (nSPS) is 12.0. The minimum absolute atomic E-state index is 0.132. The van der Waals surface area contributed by atoms with Crippen molar-refractivity contribution in [2.75, 3.05) is 5.75 Å².